The van der Waals surface area contributed by atoms with Crippen LogP contribution in [-0.4, -0.2) is 27.9 Å². The van der Waals surface area contributed by atoms with Gasteiger partial charge in [0, 0.05) is 23.9 Å². The Morgan fingerprint density at radius 3 is 2.47 bits per heavy atom. The maximum absolute atomic E-state index is 11.0. The number of rotatable bonds is 6. The zero-order chi connectivity index (χ0) is 21.3. The van der Waals surface area contributed by atoms with Crippen molar-refractivity contribution in [3.8, 4) is 28.4 Å². The molecule has 0 aliphatic carbocycles. The van der Waals surface area contributed by atoms with Crippen LogP contribution in [0.3, 0.4) is 0 Å². The van der Waals surface area contributed by atoms with E-state index in [2.05, 4.69) is 34.6 Å². The molecule has 2 aromatic carbocycles. The Labute approximate surface area is 174 Å². The van der Waals surface area contributed by atoms with E-state index in [-0.39, 0.29) is 6.04 Å². The second-order valence-corrected chi connectivity index (χ2v) is 7.15. The number of nitrogen functional groups attached to an aromatic ring is 1. The Balaban J connectivity index is 1.67. The van der Waals surface area contributed by atoms with E-state index in [1.54, 1.807) is 18.2 Å². The smallest absolute Gasteiger partial charge is 0.153 e. The van der Waals surface area contributed by atoms with Crippen molar-refractivity contribution in [2.24, 2.45) is 0 Å². The van der Waals surface area contributed by atoms with Crippen LogP contribution < -0.4 is 15.2 Å². The average molecular weight is 402 g/mol. The van der Waals surface area contributed by atoms with Gasteiger partial charge in [-0.2, -0.15) is 0 Å². The summed E-state index contributed by atoms with van der Waals surface area (Å²) in [6.07, 6.45) is 4.29. The molecule has 2 N–H and O–H groups in total. The lowest BCUT2D eigenvalue weighted by atomic mass is 10.1. The predicted molar refractivity (Wildman–Crippen MR) is 116 cm³/mol. The molecule has 4 aromatic rings. The first kappa shape index (κ1) is 19.4. The quantitative estimate of drug-likeness (QED) is 0.462. The van der Waals surface area contributed by atoms with Gasteiger partial charge in [0.25, 0.3) is 0 Å². The van der Waals surface area contributed by atoms with E-state index in [0.717, 1.165) is 28.4 Å². The van der Waals surface area contributed by atoms with Gasteiger partial charge in [-0.05, 0) is 43.7 Å². The fourth-order valence-corrected chi connectivity index (χ4v) is 3.41. The van der Waals surface area contributed by atoms with Crippen LogP contribution in [-0.2, 0) is 0 Å². The van der Waals surface area contributed by atoms with Gasteiger partial charge in [0.1, 0.15) is 35.0 Å². The van der Waals surface area contributed by atoms with Gasteiger partial charge in [0.05, 0.1) is 18.1 Å². The van der Waals surface area contributed by atoms with Gasteiger partial charge >= 0.3 is 0 Å². The normalized spacial score (nSPS) is 11.1. The molecule has 0 aliphatic heterocycles. The second-order valence-electron chi connectivity index (χ2n) is 7.15. The molecule has 0 amide bonds. The number of fused-ring (bicyclic) bond motifs is 1. The standard InChI is InChI=1S/C23H22N4O3/c1-14(2)27-11-19(21-22(24)25-13-26-23(21)27)15-4-7-17(8-5-15)30-18-9-6-16(12-28)20(10-18)29-3/h4-14H,1-3H3,(H2,24,25,26). The fraction of sp³-hybridized carbons (Fsp3) is 0.174. The molecular formula is C23H22N4O3. The molecule has 7 heteroatoms. The van der Waals surface area contributed by atoms with Crippen molar-refractivity contribution in [2.45, 2.75) is 19.9 Å². The highest BCUT2D eigenvalue weighted by atomic mass is 16.5. The minimum absolute atomic E-state index is 0.238. The zero-order valence-electron chi connectivity index (χ0n) is 17.0. The van der Waals surface area contributed by atoms with Crippen LogP contribution in [0.5, 0.6) is 17.2 Å². The number of anilines is 1. The van der Waals surface area contributed by atoms with Gasteiger partial charge in [0.15, 0.2) is 6.29 Å². The first-order valence-electron chi connectivity index (χ1n) is 9.54. The van der Waals surface area contributed by atoms with Gasteiger partial charge in [-0.25, -0.2) is 9.97 Å². The van der Waals surface area contributed by atoms with Crippen LogP contribution in [0, 0.1) is 0 Å². The number of aromatic nitrogens is 3. The van der Waals surface area contributed by atoms with E-state index in [1.807, 2.05) is 24.3 Å². The van der Waals surface area contributed by atoms with Gasteiger partial charge in [-0.15, -0.1) is 0 Å². The number of carbonyl (C=O) groups is 1. The fourth-order valence-electron chi connectivity index (χ4n) is 3.41. The molecule has 0 radical (unpaired) electrons. The number of ether oxygens (including phenoxy) is 2. The van der Waals surface area contributed by atoms with Crippen molar-refractivity contribution in [3.05, 3.63) is 60.6 Å². The molecule has 152 valence electrons. The number of nitrogens with two attached hydrogens (primary N) is 1. The number of carbonyl (C=O) groups excluding carboxylic acids is 1. The summed E-state index contributed by atoms with van der Waals surface area (Å²) in [6, 6.07) is 13.0. The molecular weight excluding hydrogens is 380 g/mol. The van der Waals surface area contributed by atoms with E-state index < -0.39 is 0 Å². The molecule has 2 heterocycles. The van der Waals surface area contributed by atoms with Gasteiger partial charge in [-0.3, -0.25) is 4.79 Å². The van der Waals surface area contributed by atoms with E-state index in [0.29, 0.717) is 28.6 Å². The Hall–Kier alpha value is -3.87. The predicted octanol–water partition coefficient (Wildman–Crippen LogP) is 4.87. The van der Waals surface area contributed by atoms with E-state index in [9.17, 15) is 4.79 Å². The van der Waals surface area contributed by atoms with Crippen molar-refractivity contribution >= 4 is 23.1 Å². The molecule has 7 nitrogen and oxygen atoms in total. The van der Waals surface area contributed by atoms with Crippen molar-refractivity contribution in [3.63, 3.8) is 0 Å². The van der Waals surface area contributed by atoms with Crippen molar-refractivity contribution in [2.75, 3.05) is 12.8 Å². The monoisotopic (exact) mass is 402 g/mol. The SMILES string of the molecule is COc1cc(Oc2ccc(-c3cn(C(C)C)c4ncnc(N)c34)cc2)ccc1C=O. The van der Waals surface area contributed by atoms with Gasteiger partial charge in [-0.1, -0.05) is 12.1 Å². The lowest BCUT2D eigenvalue weighted by molar-refractivity contribution is 0.112. The minimum Gasteiger partial charge on any atom is -0.496 e. The molecule has 0 atom stereocenters. The number of methoxy groups -OCH3 is 1. The second kappa shape index (κ2) is 7.87. The van der Waals surface area contributed by atoms with Crippen molar-refractivity contribution in [1.29, 1.82) is 0 Å². The first-order chi connectivity index (χ1) is 14.5. The van der Waals surface area contributed by atoms with E-state index in [4.69, 9.17) is 15.2 Å². The van der Waals surface area contributed by atoms with Crippen LogP contribution in [0.25, 0.3) is 22.2 Å². The van der Waals surface area contributed by atoms with Crippen LogP contribution in [0.1, 0.15) is 30.2 Å². The molecule has 0 spiro atoms. The molecule has 30 heavy (non-hydrogen) atoms. The Morgan fingerprint density at radius 1 is 1.07 bits per heavy atom. The van der Waals surface area contributed by atoms with Gasteiger partial charge in [0.2, 0.25) is 0 Å². The maximum atomic E-state index is 11.0. The molecule has 0 saturated carbocycles. The Morgan fingerprint density at radius 2 is 1.80 bits per heavy atom. The number of hydrogen-bond donors (Lipinski definition) is 1. The maximum Gasteiger partial charge on any atom is 0.153 e. The summed E-state index contributed by atoms with van der Waals surface area (Å²) in [5.41, 5.74) is 9.41. The number of nitrogens with zero attached hydrogens (tertiary/aromatic N) is 3. The summed E-state index contributed by atoms with van der Waals surface area (Å²) in [5.74, 6) is 2.17. The lowest BCUT2D eigenvalue weighted by Gasteiger charge is -2.09. The number of benzene rings is 2. The molecule has 2 aromatic heterocycles. The van der Waals surface area contributed by atoms with E-state index >= 15 is 0 Å². The third-order valence-electron chi connectivity index (χ3n) is 4.93. The first-order valence-corrected chi connectivity index (χ1v) is 9.54. The topological polar surface area (TPSA) is 92.3 Å². The molecule has 0 fully saturated rings. The third-order valence-corrected chi connectivity index (χ3v) is 4.93. The minimum atomic E-state index is 0.238. The lowest BCUT2D eigenvalue weighted by Crippen LogP contribution is -2.00. The number of aldehydes is 1. The van der Waals surface area contributed by atoms with Gasteiger partial charge < -0.3 is 19.8 Å². The highest BCUT2D eigenvalue weighted by molar-refractivity contribution is 6.00. The average Bonchev–Trinajstić information content (AvgIpc) is 3.15. The third kappa shape index (κ3) is 3.45. The van der Waals surface area contributed by atoms with Crippen LogP contribution >= 0.6 is 0 Å². The highest BCUT2D eigenvalue weighted by Crippen LogP contribution is 2.35. The van der Waals surface area contributed by atoms with Crippen molar-refractivity contribution in [1.82, 2.24) is 14.5 Å². The largest absolute Gasteiger partial charge is 0.496 e. The zero-order valence-corrected chi connectivity index (χ0v) is 17.0. The van der Waals surface area contributed by atoms with E-state index in [1.165, 1.54) is 13.4 Å². The summed E-state index contributed by atoms with van der Waals surface area (Å²) in [7, 11) is 1.52. The summed E-state index contributed by atoms with van der Waals surface area (Å²) >= 11 is 0. The highest BCUT2D eigenvalue weighted by Gasteiger charge is 2.16. The van der Waals surface area contributed by atoms with Crippen molar-refractivity contribution < 1.29 is 14.3 Å². The molecule has 0 saturated heterocycles. The summed E-state index contributed by atoms with van der Waals surface area (Å²) in [5, 5.41) is 0.842. The molecule has 0 unspecified atom stereocenters. The number of hydrogen-bond acceptors (Lipinski definition) is 6. The summed E-state index contributed by atoms with van der Waals surface area (Å²) in [4.78, 5) is 19.6. The molecule has 4 rings (SSSR count). The summed E-state index contributed by atoms with van der Waals surface area (Å²) < 4.78 is 13.2. The van der Waals surface area contributed by atoms with Crippen LogP contribution in [0.2, 0.25) is 0 Å². The summed E-state index contributed by atoms with van der Waals surface area (Å²) in [6.45, 7) is 4.20. The van der Waals surface area contributed by atoms with Crippen LogP contribution in [0.4, 0.5) is 5.82 Å². The molecule has 0 aliphatic rings. The van der Waals surface area contributed by atoms with Crippen LogP contribution in [0.15, 0.2) is 55.0 Å². The Kier molecular flexibility index (Phi) is 5.10. The Bertz CT molecular complexity index is 1210. The molecule has 0 bridgehead atoms.